The summed E-state index contributed by atoms with van der Waals surface area (Å²) < 4.78 is 0. The van der Waals surface area contributed by atoms with E-state index >= 15 is 0 Å². The van der Waals surface area contributed by atoms with Crippen LogP contribution in [0.3, 0.4) is 0 Å². The van der Waals surface area contributed by atoms with Gasteiger partial charge in [0.2, 0.25) is 11.8 Å². The van der Waals surface area contributed by atoms with Crippen LogP contribution in [0.4, 0.5) is 5.69 Å². The molecule has 1 saturated carbocycles. The van der Waals surface area contributed by atoms with E-state index in [1.807, 2.05) is 0 Å². The van der Waals surface area contributed by atoms with E-state index in [0.717, 1.165) is 32.4 Å². The Morgan fingerprint density at radius 2 is 2.00 bits per heavy atom. The number of hydrogen-bond acceptors (Lipinski definition) is 3. The van der Waals surface area contributed by atoms with Crippen LogP contribution in [0.15, 0.2) is 18.2 Å². The Balaban J connectivity index is 1.52. The summed E-state index contributed by atoms with van der Waals surface area (Å²) >= 11 is 11.8. The minimum absolute atomic E-state index is 0.0317. The highest BCUT2D eigenvalue weighted by molar-refractivity contribution is 6.42. The van der Waals surface area contributed by atoms with E-state index in [4.69, 9.17) is 23.2 Å². The first-order valence-corrected chi connectivity index (χ1v) is 8.87. The highest BCUT2D eigenvalue weighted by atomic mass is 35.5. The average Bonchev–Trinajstić information content (AvgIpc) is 3.23. The number of likely N-dealkylation sites (N-methyl/N-ethyl adjacent to an activating group) is 1. The lowest BCUT2D eigenvalue weighted by Gasteiger charge is -2.25. The van der Waals surface area contributed by atoms with Crippen molar-refractivity contribution in [3.8, 4) is 0 Å². The lowest BCUT2D eigenvalue weighted by molar-refractivity contribution is -0.135. The lowest BCUT2D eigenvalue weighted by Crippen LogP contribution is -2.38. The van der Waals surface area contributed by atoms with Gasteiger partial charge in [0, 0.05) is 18.7 Å². The van der Waals surface area contributed by atoms with Crippen molar-refractivity contribution in [1.82, 2.24) is 10.2 Å². The molecule has 1 unspecified atom stereocenters. The third kappa shape index (κ3) is 3.68. The van der Waals surface area contributed by atoms with E-state index in [2.05, 4.69) is 10.6 Å². The first-order valence-electron chi connectivity index (χ1n) is 8.12. The van der Waals surface area contributed by atoms with Gasteiger partial charge in [0.05, 0.1) is 16.6 Å². The van der Waals surface area contributed by atoms with E-state index in [1.165, 1.54) is 4.90 Å². The van der Waals surface area contributed by atoms with Crippen LogP contribution in [-0.2, 0) is 9.59 Å². The number of carbonyl (C=O) groups excluding carboxylic acids is 2. The van der Waals surface area contributed by atoms with Crippen LogP contribution in [0.1, 0.15) is 19.3 Å². The number of rotatable bonds is 4. The molecule has 0 radical (unpaired) electrons. The van der Waals surface area contributed by atoms with Crippen molar-refractivity contribution in [1.29, 1.82) is 0 Å². The van der Waals surface area contributed by atoms with Crippen LogP contribution in [0.25, 0.3) is 0 Å². The molecule has 2 aliphatic rings. The van der Waals surface area contributed by atoms with E-state index in [0.29, 0.717) is 15.7 Å². The van der Waals surface area contributed by atoms with E-state index in [-0.39, 0.29) is 29.7 Å². The molecule has 1 aliphatic heterocycles. The van der Waals surface area contributed by atoms with Gasteiger partial charge in [0.25, 0.3) is 0 Å². The van der Waals surface area contributed by atoms with Crippen LogP contribution >= 0.6 is 23.2 Å². The number of benzene rings is 1. The second-order valence-corrected chi connectivity index (χ2v) is 7.55. The Hall–Kier alpha value is -1.30. The molecule has 0 bridgehead atoms. The standard InChI is InChI=1S/C17H21Cl2N3O2/c1-22(16(24)12-9-17(12)4-6-20-7-5-17)10-15(23)21-11-2-3-13(18)14(19)8-11/h2-3,8,12,20H,4-7,9-10H2,1H3,(H,21,23). The van der Waals surface area contributed by atoms with E-state index in [9.17, 15) is 9.59 Å². The summed E-state index contributed by atoms with van der Waals surface area (Å²) in [5.74, 6) is -0.104. The maximum Gasteiger partial charge on any atom is 0.243 e. The topological polar surface area (TPSA) is 61.4 Å². The summed E-state index contributed by atoms with van der Waals surface area (Å²) in [6.45, 7) is 1.99. The predicted octanol–water partition coefficient (Wildman–Crippen LogP) is 2.78. The molecule has 2 N–H and O–H groups in total. The lowest BCUT2D eigenvalue weighted by atomic mass is 9.91. The molecule has 1 aromatic rings. The Morgan fingerprint density at radius 1 is 1.29 bits per heavy atom. The van der Waals surface area contributed by atoms with Crippen molar-refractivity contribution in [3.05, 3.63) is 28.2 Å². The van der Waals surface area contributed by atoms with Crippen molar-refractivity contribution in [3.63, 3.8) is 0 Å². The number of hydrogen-bond donors (Lipinski definition) is 2. The Morgan fingerprint density at radius 3 is 2.67 bits per heavy atom. The quantitative estimate of drug-likeness (QED) is 0.857. The van der Waals surface area contributed by atoms with Crippen LogP contribution < -0.4 is 10.6 Å². The zero-order chi connectivity index (χ0) is 17.3. The number of anilines is 1. The zero-order valence-corrected chi connectivity index (χ0v) is 15.1. The minimum Gasteiger partial charge on any atom is -0.336 e. The van der Waals surface area contributed by atoms with E-state index < -0.39 is 0 Å². The van der Waals surface area contributed by atoms with Crippen molar-refractivity contribution < 1.29 is 9.59 Å². The average molecular weight is 370 g/mol. The molecule has 5 nitrogen and oxygen atoms in total. The number of nitrogens with zero attached hydrogens (tertiary/aromatic N) is 1. The summed E-state index contributed by atoms with van der Waals surface area (Å²) in [6.07, 6.45) is 3.05. The van der Waals surface area contributed by atoms with Gasteiger partial charge >= 0.3 is 0 Å². The van der Waals surface area contributed by atoms with E-state index in [1.54, 1.807) is 25.2 Å². The number of amides is 2. The monoisotopic (exact) mass is 369 g/mol. The SMILES string of the molecule is CN(CC(=O)Nc1ccc(Cl)c(Cl)c1)C(=O)C1CC12CCNCC2. The van der Waals surface area contributed by atoms with Crippen LogP contribution in [0.2, 0.25) is 10.0 Å². The first-order chi connectivity index (χ1) is 11.4. The molecule has 1 spiro atoms. The fourth-order valence-electron chi connectivity index (χ4n) is 3.51. The summed E-state index contributed by atoms with van der Waals surface area (Å²) in [5, 5.41) is 6.88. The number of carbonyl (C=O) groups is 2. The third-order valence-electron chi connectivity index (χ3n) is 5.05. The Bertz CT molecular complexity index is 659. The summed E-state index contributed by atoms with van der Waals surface area (Å²) in [4.78, 5) is 26.2. The fourth-order valence-corrected chi connectivity index (χ4v) is 3.81. The fraction of sp³-hybridized carbons (Fsp3) is 0.529. The molecular weight excluding hydrogens is 349 g/mol. The number of halogens is 2. The Kier molecular flexibility index (Phi) is 5.04. The van der Waals surface area contributed by atoms with Gasteiger partial charge in [0.1, 0.15) is 0 Å². The first kappa shape index (κ1) is 17.5. The summed E-state index contributed by atoms with van der Waals surface area (Å²) in [7, 11) is 1.68. The van der Waals surface area contributed by atoms with Crippen molar-refractivity contribution in [2.75, 3.05) is 32.0 Å². The predicted molar refractivity (Wildman–Crippen MR) is 95.4 cm³/mol. The largest absolute Gasteiger partial charge is 0.336 e. The molecule has 1 aromatic carbocycles. The molecule has 3 rings (SSSR count). The molecule has 1 saturated heterocycles. The van der Waals surface area contributed by atoms with Crippen LogP contribution in [0.5, 0.6) is 0 Å². The summed E-state index contributed by atoms with van der Waals surface area (Å²) in [6, 6.07) is 4.90. The van der Waals surface area contributed by atoms with Gasteiger partial charge in [0.15, 0.2) is 0 Å². The maximum atomic E-state index is 12.6. The second-order valence-electron chi connectivity index (χ2n) is 6.74. The van der Waals surface area contributed by atoms with Gasteiger partial charge < -0.3 is 15.5 Å². The zero-order valence-electron chi connectivity index (χ0n) is 13.6. The molecule has 1 aliphatic carbocycles. The van der Waals surface area contributed by atoms with Gasteiger partial charge in [-0.25, -0.2) is 0 Å². The summed E-state index contributed by atoms with van der Waals surface area (Å²) in [5.41, 5.74) is 0.744. The van der Waals surface area contributed by atoms with Gasteiger partial charge in [-0.1, -0.05) is 23.2 Å². The van der Waals surface area contributed by atoms with Crippen molar-refractivity contribution in [2.45, 2.75) is 19.3 Å². The minimum atomic E-state index is -0.246. The van der Waals surface area contributed by atoms with Crippen LogP contribution in [-0.4, -0.2) is 43.4 Å². The van der Waals surface area contributed by atoms with Crippen molar-refractivity contribution in [2.24, 2.45) is 11.3 Å². The molecule has 7 heteroatoms. The van der Waals surface area contributed by atoms with Crippen LogP contribution in [0, 0.1) is 11.3 Å². The van der Waals surface area contributed by atoms with Gasteiger partial charge in [-0.3, -0.25) is 9.59 Å². The second kappa shape index (κ2) is 6.90. The normalized spacial score (nSPS) is 21.4. The maximum absolute atomic E-state index is 12.6. The smallest absolute Gasteiger partial charge is 0.243 e. The van der Waals surface area contributed by atoms with Crippen molar-refractivity contribution >= 4 is 40.7 Å². The number of nitrogens with one attached hydrogen (secondary N) is 2. The highest BCUT2D eigenvalue weighted by Crippen LogP contribution is 2.59. The molecule has 24 heavy (non-hydrogen) atoms. The third-order valence-corrected chi connectivity index (χ3v) is 5.79. The Labute approximate surface area is 151 Å². The van der Waals surface area contributed by atoms with Gasteiger partial charge in [-0.15, -0.1) is 0 Å². The molecular formula is C17H21Cl2N3O2. The molecule has 2 fully saturated rings. The highest BCUT2D eigenvalue weighted by Gasteiger charge is 2.58. The molecule has 2 amide bonds. The van der Waals surface area contributed by atoms with Gasteiger partial charge in [-0.2, -0.15) is 0 Å². The number of piperidine rings is 1. The molecule has 1 atom stereocenters. The molecule has 1 heterocycles. The molecule has 130 valence electrons. The van der Waals surface area contributed by atoms with Gasteiger partial charge in [-0.05, 0) is 56.0 Å². The molecule has 0 aromatic heterocycles.